The Morgan fingerprint density at radius 3 is 2.41 bits per heavy atom. The maximum atomic E-state index is 12.1. The van der Waals surface area contributed by atoms with Crippen molar-refractivity contribution in [2.24, 2.45) is 0 Å². The molecule has 0 aliphatic carbocycles. The summed E-state index contributed by atoms with van der Waals surface area (Å²) in [5.74, 6) is 0.787. The molecule has 0 amide bonds. The van der Waals surface area contributed by atoms with E-state index in [0.29, 0.717) is 23.7 Å². The van der Waals surface area contributed by atoms with Crippen LogP contribution in [0.2, 0.25) is 5.02 Å². The van der Waals surface area contributed by atoms with Gasteiger partial charge in [0.15, 0.2) is 6.61 Å². The third kappa shape index (κ3) is 7.78. The number of alkyl halides is 3. The van der Waals surface area contributed by atoms with Crippen LogP contribution >= 0.6 is 11.6 Å². The lowest BCUT2D eigenvalue weighted by Gasteiger charge is -2.17. The molecule has 1 unspecified atom stereocenters. The number of nitrogens with one attached hydrogen (secondary N) is 1. The van der Waals surface area contributed by atoms with Crippen LogP contribution in [0.4, 0.5) is 13.2 Å². The highest BCUT2D eigenvalue weighted by molar-refractivity contribution is 6.30. The first-order valence-electron chi connectivity index (χ1n) is 8.21. The second kappa shape index (κ2) is 9.50. The average Bonchev–Trinajstić information content (AvgIpc) is 2.61. The zero-order valence-electron chi connectivity index (χ0n) is 14.7. The van der Waals surface area contributed by atoms with Crippen molar-refractivity contribution in [3.8, 4) is 11.5 Å². The lowest BCUT2D eigenvalue weighted by molar-refractivity contribution is -0.153. The fourth-order valence-electron chi connectivity index (χ4n) is 2.17. The highest BCUT2D eigenvalue weighted by Gasteiger charge is 2.28. The Balaban J connectivity index is 1.75. The fraction of sp³-hybridized carbons (Fsp3) is 0.316. The van der Waals surface area contributed by atoms with Crippen LogP contribution in [-0.2, 0) is 0 Å². The lowest BCUT2D eigenvalue weighted by atomic mass is 10.2. The van der Waals surface area contributed by atoms with Crippen molar-refractivity contribution in [3.05, 3.63) is 65.6 Å². The first-order valence-corrected chi connectivity index (χ1v) is 8.59. The maximum absolute atomic E-state index is 12.1. The van der Waals surface area contributed by atoms with Gasteiger partial charge in [-0.25, -0.2) is 0 Å². The monoisotopic (exact) mass is 400 g/mol. The first-order chi connectivity index (χ1) is 12.7. The summed E-state index contributed by atoms with van der Waals surface area (Å²) >= 11 is 5.82. The van der Waals surface area contributed by atoms with Gasteiger partial charge in [-0.1, -0.05) is 18.2 Å². The van der Waals surface area contributed by atoms with E-state index in [1.807, 2.05) is 6.92 Å². The molecular weight excluding hydrogens is 381 g/mol. The van der Waals surface area contributed by atoms with E-state index in [-0.39, 0.29) is 11.8 Å². The molecule has 2 rings (SSSR count). The van der Waals surface area contributed by atoms with Crippen molar-refractivity contribution in [2.45, 2.75) is 25.6 Å². The third-order valence-electron chi connectivity index (χ3n) is 3.51. The van der Waals surface area contributed by atoms with Crippen molar-refractivity contribution < 1.29 is 22.6 Å². The summed E-state index contributed by atoms with van der Waals surface area (Å²) in [5, 5.41) is 3.83. The van der Waals surface area contributed by atoms with E-state index >= 15 is 0 Å². The number of halogens is 4. The molecule has 27 heavy (non-hydrogen) atoms. The fourth-order valence-corrected chi connectivity index (χ4v) is 2.30. The predicted octanol–water partition coefficient (Wildman–Crippen LogP) is 5.31. The Bertz CT molecular complexity index is 734. The number of ether oxygens (including phenoxy) is 2. The molecule has 0 fully saturated rings. The minimum atomic E-state index is -4.38. The molecule has 2 aromatic rings. The van der Waals surface area contributed by atoms with Crippen LogP contribution in [0.1, 0.15) is 25.1 Å². The number of nitrogens with zero attached hydrogens (tertiary/aromatic N) is 1. The van der Waals surface area contributed by atoms with Crippen LogP contribution < -0.4 is 14.8 Å². The van der Waals surface area contributed by atoms with Gasteiger partial charge in [0.2, 0.25) is 0 Å². The minimum absolute atomic E-state index is 0.0680. The molecule has 0 bridgehead atoms. The predicted molar refractivity (Wildman–Crippen MR) is 98.0 cm³/mol. The van der Waals surface area contributed by atoms with Gasteiger partial charge in [-0.2, -0.15) is 13.2 Å². The van der Waals surface area contributed by atoms with E-state index in [4.69, 9.17) is 16.3 Å². The van der Waals surface area contributed by atoms with Crippen LogP contribution in [0.25, 0.3) is 0 Å². The summed E-state index contributed by atoms with van der Waals surface area (Å²) in [6, 6.07) is 9.98. The zero-order chi connectivity index (χ0) is 19.9. The van der Waals surface area contributed by atoms with Gasteiger partial charge in [-0.05, 0) is 43.3 Å². The van der Waals surface area contributed by atoms with Crippen molar-refractivity contribution >= 4 is 11.6 Å². The Labute approximate surface area is 161 Å². The maximum Gasteiger partial charge on any atom is 0.422 e. The van der Waals surface area contributed by atoms with Gasteiger partial charge >= 0.3 is 6.18 Å². The van der Waals surface area contributed by atoms with Gasteiger partial charge in [0.1, 0.15) is 11.5 Å². The van der Waals surface area contributed by atoms with Gasteiger partial charge in [0, 0.05) is 17.1 Å². The van der Waals surface area contributed by atoms with Crippen molar-refractivity contribution in [1.82, 2.24) is 10.3 Å². The number of aromatic nitrogens is 1. The molecule has 0 aliphatic heterocycles. The Hall–Kier alpha value is -2.41. The number of benzene rings is 1. The average molecular weight is 401 g/mol. The molecule has 1 aromatic heterocycles. The normalized spacial score (nSPS) is 12.3. The summed E-state index contributed by atoms with van der Waals surface area (Å²) in [6.07, 6.45) is -2.52. The molecule has 0 spiro atoms. The second-order valence-electron chi connectivity index (χ2n) is 5.84. The summed E-state index contributed by atoms with van der Waals surface area (Å²) in [4.78, 5) is 4.13. The Morgan fingerprint density at radius 2 is 1.81 bits per heavy atom. The van der Waals surface area contributed by atoms with Crippen molar-refractivity contribution in [3.63, 3.8) is 0 Å². The smallest absolute Gasteiger partial charge is 0.422 e. The van der Waals surface area contributed by atoms with Gasteiger partial charge in [-0.15, -0.1) is 0 Å². The van der Waals surface area contributed by atoms with Crippen LogP contribution in [0.5, 0.6) is 11.5 Å². The van der Waals surface area contributed by atoms with E-state index in [0.717, 1.165) is 11.4 Å². The Morgan fingerprint density at radius 1 is 1.15 bits per heavy atom. The molecule has 0 saturated heterocycles. The molecule has 0 radical (unpaired) electrons. The number of rotatable bonds is 9. The van der Waals surface area contributed by atoms with Crippen LogP contribution in [0, 0.1) is 0 Å². The summed E-state index contributed by atoms with van der Waals surface area (Å²) < 4.78 is 46.7. The highest BCUT2D eigenvalue weighted by atomic mass is 35.5. The molecule has 146 valence electrons. The van der Waals surface area contributed by atoms with E-state index in [9.17, 15) is 13.2 Å². The van der Waals surface area contributed by atoms with Crippen molar-refractivity contribution in [2.75, 3.05) is 13.2 Å². The second-order valence-corrected chi connectivity index (χ2v) is 6.28. The van der Waals surface area contributed by atoms with Gasteiger partial charge in [0.05, 0.1) is 24.5 Å². The standard InChI is InChI=1S/C19H20ClF3N2O2/c1-13(9-10-26-16-5-3-15(20)4-6-16)25-14(2)18-8-7-17(11-24-18)27-12-19(21,22)23/h3-8,11,14,25H,1,9-10,12H2,2H3. The van der Waals surface area contributed by atoms with Crippen LogP contribution in [-0.4, -0.2) is 24.4 Å². The highest BCUT2D eigenvalue weighted by Crippen LogP contribution is 2.20. The molecule has 0 aliphatic rings. The molecule has 0 saturated carbocycles. The zero-order valence-corrected chi connectivity index (χ0v) is 15.5. The summed E-state index contributed by atoms with van der Waals surface area (Å²) in [7, 11) is 0. The first kappa shape index (κ1) is 20.9. The quantitative estimate of drug-likeness (QED) is 0.619. The topological polar surface area (TPSA) is 43.4 Å². The minimum Gasteiger partial charge on any atom is -0.493 e. The van der Waals surface area contributed by atoms with Crippen molar-refractivity contribution in [1.29, 1.82) is 0 Å². The number of hydrogen-bond acceptors (Lipinski definition) is 4. The molecule has 1 atom stereocenters. The number of pyridine rings is 1. The SMILES string of the molecule is C=C(CCOc1ccc(Cl)cc1)NC(C)c1ccc(OCC(F)(F)F)cn1. The number of hydrogen-bond donors (Lipinski definition) is 1. The molecule has 8 heteroatoms. The molecular formula is C19H20ClF3N2O2. The summed E-state index contributed by atoms with van der Waals surface area (Å²) in [5.41, 5.74) is 1.42. The van der Waals surface area contributed by atoms with Crippen LogP contribution in [0.15, 0.2) is 54.9 Å². The van der Waals surface area contributed by atoms with E-state index in [1.165, 1.54) is 12.3 Å². The van der Waals surface area contributed by atoms with E-state index in [2.05, 4.69) is 21.6 Å². The van der Waals surface area contributed by atoms with Gasteiger partial charge < -0.3 is 14.8 Å². The molecule has 1 N–H and O–H groups in total. The van der Waals surface area contributed by atoms with E-state index in [1.54, 1.807) is 30.3 Å². The Kier molecular flexibility index (Phi) is 7.36. The molecule has 4 nitrogen and oxygen atoms in total. The van der Waals surface area contributed by atoms with Crippen LogP contribution in [0.3, 0.4) is 0 Å². The summed E-state index contributed by atoms with van der Waals surface area (Å²) in [6.45, 7) is 4.93. The molecule has 1 aromatic carbocycles. The lowest BCUT2D eigenvalue weighted by Crippen LogP contribution is -2.20. The van der Waals surface area contributed by atoms with E-state index < -0.39 is 12.8 Å². The largest absolute Gasteiger partial charge is 0.493 e. The van der Waals surface area contributed by atoms with Gasteiger partial charge in [0.25, 0.3) is 0 Å². The molecule has 1 heterocycles. The third-order valence-corrected chi connectivity index (χ3v) is 3.76. The van der Waals surface area contributed by atoms with Gasteiger partial charge in [-0.3, -0.25) is 4.98 Å².